The molecule has 1 N–H and O–H groups in total. The molecule has 1 atom stereocenters. The number of amides is 1. The average Bonchev–Trinajstić information content (AvgIpc) is 3.46. The zero-order valence-electron chi connectivity index (χ0n) is 19.2. The van der Waals surface area contributed by atoms with Crippen molar-refractivity contribution in [3.8, 4) is 11.5 Å². The van der Waals surface area contributed by atoms with Crippen LogP contribution in [0.2, 0.25) is 0 Å². The first-order chi connectivity index (χ1) is 16.5. The molecular weight excluding hydrogens is 434 g/mol. The minimum absolute atomic E-state index is 0.0199. The third-order valence-electron chi connectivity index (χ3n) is 5.50. The van der Waals surface area contributed by atoms with Gasteiger partial charge in [-0.1, -0.05) is 31.2 Å². The molecule has 0 radical (unpaired) electrons. The maximum atomic E-state index is 13.1. The van der Waals surface area contributed by atoms with Crippen molar-refractivity contribution in [1.29, 1.82) is 0 Å². The Morgan fingerprint density at radius 2 is 1.76 bits per heavy atom. The number of ketones is 1. The molecule has 34 heavy (non-hydrogen) atoms. The topological polar surface area (TPSA) is 89.2 Å². The molecule has 1 aliphatic rings. The van der Waals surface area contributed by atoms with Crippen LogP contribution in [-0.2, 0) is 16.1 Å². The van der Waals surface area contributed by atoms with Gasteiger partial charge in [0.05, 0.1) is 25.1 Å². The van der Waals surface area contributed by atoms with E-state index in [0.29, 0.717) is 36.0 Å². The normalized spacial score (nSPS) is 17.2. The first-order valence-corrected chi connectivity index (χ1v) is 11.3. The number of ether oxygens (including phenoxy) is 2. The van der Waals surface area contributed by atoms with Gasteiger partial charge in [0.15, 0.2) is 0 Å². The SMILES string of the molecule is CCCOc1cccc(/C(O)=C2/C(=O)C(=O)N(Cc3cccc(OCC)c3)C2c2ccco2)c1. The highest BCUT2D eigenvalue weighted by Crippen LogP contribution is 2.40. The summed E-state index contributed by atoms with van der Waals surface area (Å²) >= 11 is 0. The number of aliphatic hydroxyl groups excluding tert-OH is 1. The molecule has 7 nitrogen and oxygen atoms in total. The maximum absolute atomic E-state index is 13.1. The van der Waals surface area contributed by atoms with Crippen LogP contribution in [-0.4, -0.2) is 34.9 Å². The number of carbonyl (C=O) groups excluding carboxylic acids is 2. The number of likely N-dealkylation sites (tertiary alicyclic amines) is 1. The molecule has 176 valence electrons. The molecule has 0 bridgehead atoms. The third-order valence-corrected chi connectivity index (χ3v) is 5.50. The van der Waals surface area contributed by atoms with Gasteiger partial charge in [-0.3, -0.25) is 9.59 Å². The summed E-state index contributed by atoms with van der Waals surface area (Å²) in [6, 6.07) is 16.7. The summed E-state index contributed by atoms with van der Waals surface area (Å²) in [7, 11) is 0. The molecule has 1 saturated heterocycles. The van der Waals surface area contributed by atoms with Crippen molar-refractivity contribution in [1.82, 2.24) is 4.90 Å². The monoisotopic (exact) mass is 461 g/mol. The van der Waals surface area contributed by atoms with Crippen molar-refractivity contribution >= 4 is 17.4 Å². The number of rotatable bonds is 9. The number of furan rings is 1. The Hall–Kier alpha value is -4.00. The Bertz CT molecular complexity index is 1200. The van der Waals surface area contributed by atoms with Crippen molar-refractivity contribution in [3.05, 3.63) is 89.4 Å². The molecule has 1 aromatic heterocycles. The highest BCUT2D eigenvalue weighted by molar-refractivity contribution is 6.46. The molecule has 1 unspecified atom stereocenters. The standard InChI is InChI=1S/C27H27NO6/c1-3-13-33-21-11-6-9-19(16-21)25(29)23-24(22-12-7-14-34-22)28(27(31)26(23)30)17-18-8-5-10-20(15-18)32-4-2/h5-12,14-16,24,29H,3-4,13,17H2,1-2H3/b25-23-. The Kier molecular flexibility index (Phi) is 7.01. The van der Waals surface area contributed by atoms with Gasteiger partial charge in [0, 0.05) is 12.1 Å². The van der Waals surface area contributed by atoms with Crippen LogP contribution in [0.25, 0.3) is 5.76 Å². The van der Waals surface area contributed by atoms with Crippen molar-refractivity contribution < 1.29 is 28.6 Å². The van der Waals surface area contributed by atoms with Gasteiger partial charge in [0.1, 0.15) is 29.1 Å². The summed E-state index contributed by atoms with van der Waals surface area (Å²) in [5, 5.41) is 11.2. The molecule has 2 aromatic carbocycles. The molecule has 1 aliphatic heterocycles. The quantitative estimate of drug-likeness (QED) is 0.271. The second kappa shape index (κ2) is 10.3. The van der Waals surface area contributed by atoms with Gasteiger partial charge in [0.25, 0.3) is 11.7 Å². The van der Waals surface area contributed by atoms with E-state index in [-0.39, 0.29) is 17.9 Å². The molecule has 0 spiro atoms. The Morgan fingerprint density at radius 1 is 1.00 bits per heavy atom. The molecule has 1 fully saturated rings. The molecule has 2 heterocycles. The van der Waals surface area contributed by atoms with E-state index < -0.39 is 17.7 Å². The van der Waals surface area contributed by atoms with Gasteiger partial charge in [0.2, 0.25) is 0 Å². The number of nitrogens with zero attached hydrogens (tertiary/aromatic N) is 1. The van der Waals surface area contributed by atoms with Crippen molar-refractivity contribution in [2.45, 2.75) is 32.9 Å². The lowest BCUT2D eigenvalue weighted by Crippen LogP contribution is -2.29. The molecule has 3 aromatic rings. The molecule has 4 rings (SSSR count). The van der Waals surface area contributed by atoms with Gasteiger partial charge >= 0.3 is 0 Å². The molecular formula is C27H27NO6. The number of benzene rings is 2. The predicted molar refractivity (Wildman–Crippen MR) is 126 cm³/mol. The van der Waals surface area contributed by atoms with Crippen molar-refractivity contribution in [2.24, 2.45) is 0 Å². The van der Waals surface area contributed by atoms with Gasteiger partial charge < -0.3 is 23.9 Å². The number of hydrogen-bond acceptors (Lipinski definition) is 6. The Labute approximate surface area is 198 Å². The van der Waals surface area contributed by atoms with Crippen LogP contribution in [0.1, 0.15) is 43.2 Å². The zero-order valence-corrected chi connectivity index (χ0v) is 19.2. The fraction of sp³-hybridized carbons (Fsp3) is 0.259. The van der Waals surface area contributed by atoms with E-state index in [1.807, 2.05) is 38.1 Å². The summed E-state index contributed by atoms with van der Waals surface area (Å²) in [6.07, 6.45) is 2.31. The summed E-state index contributed by atoms with van der Waals surface area (Å²) in [5.41, 5.74) is 1.16. The van der Waals surface area contributed by atoms with Crippen LogP contribution in [0.4, 0.5) is 0 Å². The van der Waals surface area contributed by atoms with Crippen LogP contribution < -0.4 is 9.47 Å². The fourth-order valence-corrected chi connectivity index (χ4v) is 3.99. The van der Waals surface area contributed by atoms with E-state index in [4.69, 9.17) is 13.9 Å². The van der Waals surface area contributed by atoms with E-state index in [2.05, 4.69) is 0 Å². The third kappa shape index (κ3) is 4.69. The fourth-order valence-electron chi connectivity index (χ4n) is 3.99. The van der Waals surface area contributed by atoms with Crippen LogP contribution in [0.15, 0.2) is 76.9 Å². The largest absolute Gasteiger partial charge is 0.507 e. The molecule has 1 amide bonds. The Balaban J connectivity index is 1.75. The van der Waals surface area contributed by atoms with E-state index in [1.54, 1.807) is 36.4 Å². The smallest absolute Gasteiger partial charge is 0.296 e. The number of aliphatic hydroxyl groups is 1. The minimum Gasteiger partial charge on any atom is -0.507 e. The highest BCUT2D eigenvalue weighted by atomic mass is 16.5. The molecule has 7 heteroatoms. The lowest BCUT2D eigenvalue weighted by molar-refractivity contribution is -0.140. The minimum atomic E-state index is -0.869. The number of carbonyl (C=O) groups is 2. The molecule has 0 aliphatic carbocycles. The first kappa shape index (κ1) is 23.2. The van der Waals surface area contributed by atoms with E-state index in [9.17, 15) is 14.7 Å². The highest BCUT2D eigenvalue weighted by Gasteiger charge is 2.47. The van der Waals surface area contributed by atoms with Crippen LogP contribution in [0.3, 0.4) is 0 Å². The number of Topliss-reactive ketones (excluding diaryl/α,β-unsaturated/α-hetero) is 1. The summed E-state index contributed by atoms with van der Waals surface area (Å²) in [5.74, 6) is -0.104. The lowest BCUT2D eigenvalue weighted by atomic mass is 9.99. The molecule has 0 saturated carbocycles. The van der Waals surface area contributed by atoms with E-state index in [1.165, 1.54) is 11.2 Å². The van der Waals surface area contributed by atoms with Gasteiger partial charge in [-0.2, -0.15) is 0 Å². The number of hydrogen-bond donors (Lipinski definition) is 1. The van der Waals surface area contributed by atoms with E-state index >= 15 is 0 Å². The second-order valence-corrected chi connectivity index (χ2v) is 7.90. The average molecular weight is 462 g/mol. The summed E-state index contributed by atoms with van der Waals surface area (Å²) < 4.78 is 16.8. The Morgan fingerprint density at radius 3 is 2.47 bits per heavy atom. The summed E-state index contributed by atoms with van der Waals surface area (Å²) in [6.45, 7) is 5.08. The van der Waals surface area contributed by atoms with Crippen molar-refractivity contribution in [3.63, 3.8) is 0 Å². The van der Waals surface area contributed by atoms with Crippen LogP contribution >= 0.6 is 0 Å². The van der Waals surface area contributed by atoms with Gasteiger partial charge in [-0.05, 0) is 55.3 Å². The maximum Gasteiger partial charge on any atom is 0.296 e. The lowest BCUT2D eigenvalue weighted by Gasteiger charge is -2.23. The van der Waals surface area contributed by atoms with Crippen molar-refractivity contribution in [2.75, 3.05) is 13.2 Å². The second-order valence-electron chi connectivity index (χ2n) is 7.90. The van der Waals surface area contributed by atoms with Gasteiger partial charge in [-0.25, -0.2) is 0 Å². The predicted octanol–water partition coefficient (Wildman–Crippen LogP) is 5.09. The first-order valence-electron chi connectivity index (χ1n) is 11.3. The van der Waals surface area contributed by atoms with Crippen LogP contribution in [0, 0.1) is 0 Å². The van der Waals surface area contributed by atoms with Crippen LogP contribution in [0.5, 0.6) is 11.5 Å². The zero-order chi connectivity index (χ0) is 24.1. The van der Waals surface area contributed by atoms with Gasteiger partial charge in [-0.15, -0.1) is 0 Å². The summed E-state index contributed by atoms with van der Waals surface area (Å²) in [4.78, 5) is 27.7. The van der Waals surface area contributed by atoms with E-state index in [0.717, 1.165) is 12.0 Å².